The normalized spacial score (nSPS) is 11.0. The van der Waals surface area contributed by atoms with E-state index in [1.807, 2.05) is 23.8 Å². The lowest BCUT2D eigenvalue weighted by atomic mass is 10.2. The van der Waals surface area contributed by atoms with Gasteiger partial charge >= 0.3 is 0 Å². The van der Waals surface area contributed by atoms with Crippen LogP contribution >= 0.6 is 45.7 Å². The first-order valence-electron chi connectivity index (χ1n) is 3.63. The van der Waals surface area contributed by atoms with E-state index in [-0.39, 0.29) is 5.82 Å². The molecule has 0 aliphatic heterocycles. The highest BCUT2D eigenvalue weighted by Crippen LogP contribution is 2.33. The smallest absolute Gasteiger partial charge is 0.155 e. The Balaban J connectivity index is 2.83. The molecule has 0 aliphatic carbocycles. The van der Waals surface area contributed by atoms with Crippen molar-refractivity contribution in [2.75, 3.05) is 6.26 Å². The molecule has 0 nitrogen and oxygen atoms in total. The van der Waals surface area contributed by atoms with Crippen molar-refractivity contribution in [2.45, 2.75) is 4.90 Å². The minimum atomic E-state index is -0.0718. The number of benzene rings is 1. The van der Waals surface area contributed by atoms with Crippen LogP contribution in [0, 0.1) is 9.39 Å². The Morgan fingerprint density at radius 3 is 3.00 bits per heavy atom. The molecule has 1 aromatic carbocycles. The van der Waals surface area contributed by atoms with E-state index in [2.05, 4.69) is 22.6 Å². The lowest BCUT2D eigenvalue weighted by Gasteiger charge is -2.02. The van der Waals surface area contributed by atoms with Gasteiger partial charge in [-0.3, -0.25) is 0 Å². The van der Waals surface area contributed by atoms with Crippen LogP contribution in [0.25, 0.3) is 10.1 Å². The molecule has 0 saturated heterocycles. The molecule has 68 valence electrons. The molecule has 0 atom stereocenters. The maximum atomic E-state index is 13.7. The van der Waals surface area contributed by atoms with Crippen LogP contribution in [0.1, 0.15) is 0 Å². The van der Waals surface area contributed by atoms with Crippen LogP contribution in [0.15, 0.2) is 22.4 Å². The molecule has 0 radical (unpaired) electrons. The monoisotopic (exact) mass is 324 g/mol. The minimum absolute atomic E-state index is 0.0718. The third kappa shape index (κ3) is 1.59. The van der Waals surface area contributed by atoms with Gasteiger partial charge in [0, 0.05) is 4.90 Å². The van der Waals surface area contributed by atoms with E-state index in [1.165, 1.54) is 11.3 Å². The molecule has 0 fully saturated rings. The number of thioether (sulfide) groups is 1. The lowest BCUT2D eigenvalue weighted by Crippen LogP contribution is -1.85. The highest BCUT2D eigenvalue weighted by molar-refractivity contribution is 14.1. The van der Waals surface area contributed by atoms with Crippen molar-refractivity contribution >= 4 is 55.8 Å². The van der Waals surface area contributed by atoms with E-state index in [9.17, 15) is 4.39 Å². The summed E-state index contributed by atoms with van der Waals surface area (Å²) >= 11 is 5.10. The Hall–Kier alpha value is 0.190. The summed E-state index contributed by atoms with van der Waals surface area (Å²) in [5.74, 6) is -0.0718. The molecule has 0 bridgehead atoms. The van der Waals surface area contributed by atoms with Gasteiger partial charge in [0.2, 0.25) is 0 Å². The second kappa shape index (κ2) is 3.74. The first kappa shape index (κ1) is 9.73. The molecule has 2 rings (SSSR count). The van der Waals surface area contributed by atoms with Crippen molar-refractivity contribution < 1.29 is 4.39 Å². The zero-order valence-electron chi connectivity index (χ0n) is 6.80. The van der Waals surface area contributed by atoms with E-state index in [0.29, 0.717) is 0 Å². The standard InChI is InChI=1S/C9H6FIS2/c1-12-6-4-5-2-3-13-9(5)7(10)8(6)11/h2-4H,1H3. The lowest BCUT2D eigenvalue weighted by molar-refractivity contribution is 0.630. The van der Waals surface area contributed by atoms with Gasteiger partial charge in [-0.1, -0.05) is 0 Å². The summed E-state index contributed by atoms with van der Waals surface area (Å²) in [6.07, 6.45) is 1.97. The van der Waals surface area contributed by atoms with Crippen LogP contribution in [0.3, 0.4) is 0 Å². The van der Waals surface area contributed by atoms with Crippen LogP contribution in [0.4, 0.5) is 4.39 Å². The maximum absolute atomic E-state index is 13.7. The van der Waals surface area contributed by atoms with Gasteiger partial charge in [-0.2, -0.15) is 0 Å². The summed E-state index contributed by atoms with van der Waals surface area (Å²) in [7, 11) is 0. The van der Waals surface area contributed by atoms with E-state index >= 15 is 0 Å². The van der Waals surface area contributed by atoms with Gasteiger partial charge in [0.15, 0.2) is 5.82 Å². The van der Waals surface area contributed by atoms with Crippen LogP contribution in [-0.4, -0.2) is 6.26 Å². The van der Waals surface area contributed by atoms with E-state index in [1.54, 1.807) is 11.8 Å². The number of rotatable bonds is 1. The van der Waals surface area contributed by atoms with Crippen LogP contribution < -0.4 is 0 Å². The Kier molecular flexibility index (Phi) is 2.80. The third-order valence-electron chi connectivity index (χ3n) is 1.81. The van der Waals surface area contributed by atoms with Gasteiger partial charge in [0.1, 0.15) is 0 Å². The molecule has 0 N–H and O–H groups in total. The Morgan fingerprint density at radius 2 is 2.31 bits per heavy atom. The molecule has 0 saturated carbocycles. The van der Waals surface area contributed by atoms with Crippen LogP contribution in [-0.2, 0) is 0 Å². The summed E-state index contributed by atoms with van der Waals surface area (Å²) < 4.78 is 15.2. The van der Waals surface area contributed by atoms with Gasteiger partial charge in [-0.25, -0.2) is 4.39 Å². The quantitative estimate of drug-likeness (QED) is 0.555. The SMILES string of the molecule is CSc1cc2ccsc2c(F)c1I. The summed E-state index contributed by atoms with van der Waals surface area (Å²) in [6.45, 7) is 0. The zero-order chi connectivity index (χ0) is 9.42. The predicted octanol–water partition coefficient (Wildman–Crippen LogP) is 4.37. The summed E-state index contributed by atoms with van der Waals surface area (Å²) in [5.41, 5.74) is 0. The van der Waals surface area contributed by atoms with Crippen molar-refractivity contribution in [3.05, 3.63) is 26.9 Å². The molecule has 2 aromatic rings. The Bertz CT molecular complexity index is 450. The average Bonchev–Trinajstić information content (AvgIpc) is 2.59. The molecule has 0 spiro atoms. The molecule has 4 heteroatoms. The molecule has 1 heterocycles. The fraction of sp³-hybridized carbons (Fsp3) is 0.111. The van der Waals surface area contributed by atoms with Gasteiger partial charge in [0.05, 0.1) is 8.27 Å². The predicted molar refractivity (Wildman–Crippen MR) is 66.3 cm³/mol. The van der Waals surface area contributed by atoms with Crippen molar-refractivity contribution in [1.82, 2.24) is 0 Å². The summed E-state index contributed by atoms with van der Waals surface area (Å²) in [4.78, 5) is 1.02. The van der Waals surface area contributed by atoms with Crippen LogP contribution in [0.2, 0.25) is 0 Å². The van der Waals surface area contributed by atoms with E-state index in [0.717, 1.165) is 18.6 Å². The number of fused-ring (bicyclic) bond motifs is 1. The van der Waals surface area contributed by atoms with Crippen molar-refractivity contribution in [3.63, 3.8) is 0 Å². The number of halogens is 2. The zero-order valence-corrected chi connectivity index (χ0v) is 10.6. The molecular formula is C9H6FIS2. The van der Waals surface area contributed by atoms with Gasteiger partial charge in [-0.05, 0) is 51.7 Å². The molecule has 0 amide bonds. The topological polar surface area (TPSA) is 0 Å². The van der Waals surface area contributed by atoms with Gasteiger partial charge in [0.25, 0.3) is 0 Å². The highest BCUT2D eigenvalue weighted by Gasteiger charge is 2.10. The molecule has 0 aliphatic rings. The van der Waals surface area contributed by atoms with Crippen LogP contribution in [0.5, 0.6) is 0 Å². The molecule has 1 aromatic heterocycles. The molecular weight excluding hydrogens is 318 g/mol. The largest absolute Gasteiger partial charge is 0.204 e. The molecule has 0 unspecified atom stereocenters. The molecule has 13 heavy (non-hydrogen) atoms. The van der Waals surface area contributed by atoms with Crippen molar-refractivity contribution in [1.29, 1.82) is 0 Å². The second-order valence-electron chi connectivity index (χ2n) is 2.55. The number of thiophene rings is 1. The second-order valence-corrected chi connectivity index (χ2v) is 5.39. The van der Waals surface area contributed by atoms with E-state index < -0.39 is 0 Å². The fourth-order valence-corrected chi connectivity index (χ4v) is 3.77. The van der Waals surface area contributed by atoms with Gasteiger partial charge < -0.3 is 0 Å². The first-order valence-corrected chi connectivity index (χ1v) is 6.81. The Morgan fingerprint density at radius 1 is 1.54 bits per heavy atom. The van der Waals surface area contributed by atoms with Gasteiger partial charge in [-0.15, -0.1) is 23.1 Å². The summed E-state index contributed by atoms with van der Waals surface area (Å²) in [5, 5.41) is 2.93. The Labute approximate surface area is 97.7 Å². The first-order chi connectivity index (χ1) is 6.24. The highest BCUT2D eigenvalue weighted by atomic mass is 127. The minimum Gasteiger partial charge on any atom is -0.204 e. The summed E-state index contributed by atoms with van der Waals surface area (Å²) in [6, 6.07) is 4.00. The van der Waals surface area contributed by atoms with Crippen molar-refractivity contribution in [3.8, 4) is 0 Å². The third-order valence-corrected chi connectivity index (χ3v) is 4.92. The fourth-order valence-electron chi connectivity index (χ4n) is 1.17. The number of hydrogen-bond acceptors (Lipinski definition) is 2. The van der Waals surface area contributed by atoms with Crippen molar-refractivity contribution in [2.24, 2.45) is 0 Å². The average molecular weight is 324 g/mol. The number of hydrogen-bond donors (Lipinski definition) is 0. The maximum Gasteiger partial charge on any atom is 0.155 e. The van der Waals surface area contributed by atoms with E-state index in [4.69, 9.17) is 0 Å².